The minimum absolute atomic E-state index is 0.0404. The first-order valence-corrected chi connectivity index (χ1v) is 12.5. The zero-order chi connectivity index (χ0) is 23.8. The van der Waals surface area contributed by atoms with Crippen LogP contribution in [0.5, 0.6) is 11.5 Å². The van der Waals surface area contributed by atoms with Crippen LogP contribution < -0.4 is 19.5 Å². The van der Waals surface area contributed by atoms with Crippen LogP contribution >= 0.6 is 11.3 Å². The van der Waals surface area contributed by atoms with Crippen LogP contribution in [0.25, 0.3) is 0 Å². The number of nitrogens with one attached hydrogen (secondary N) is 2. The Morgan fingerprint density at radius 1 is 1.03 bits per heavy atom. The Kier molecular flexibility index (Phi) is 8.07. The number of carbonyl (C=O) groups is 2. The van der Waals surface area contributed by atoms with E-state index in [2.05, 4.69) is 10.0 Å². The van der Waals surface area contributed by atoms with E-state index in [0.29, 0.717) is 28.7 Å². The van der Waals surface area contributed by atoms with Gasteiger partial charge in [-0.3, -0.25) is 14.3 Å². The van der Waals surface area contributed by atoms with E-state index in [-0.39, 0.29) is 29.2 Å². The first-order chi connectivity index (χ1) is 15.8. The van der Waals surface area contributed by atoms with Crippen LogP contribution in [0.4, 0.5) is 11.4 Å². The van der Waals surface area contributed by atoms with Crippen LogP contribution in [0.1, 0.15) is 29.4 Å². The van der Waals surface area contributed by atoms with Crippen molar-refractivity contribution >= 4 is 44.4 Å². The zero-order valence-electron chi connectivity index (χ0n) is 18.2. The molecule has 8 nitrogen and oxygen atoms in total. The van der Waals surface area contributed by atoms with Gasteiger partial charge in [-0.2, -0.15) is 0 Å². The summed E-state index contributed by atoms with van der Waals surface area (Å²) in [6.45, 7) is 2.37. The van der Waals surface area contributed by atoms with E-state index in [1.165, 1.54) is 36.6 Å². The molecule has 3 aromatic rings. The molecule has 0 atom stereocenters. The highest BCUT2D eigenvalue weighted by molar-refractivity contribution is 7.92. The fourth-order valence-electron chi connectivity index (χ4n) is 2.95. The largest absolute Gasteiger partial charge is 0.495 e. The molecule has 0 saturated heterocycles. The number of hydrogen-bond acceptors (Lipinski definition) is 7. The lowest BCUT2D eigenvalue weighted by Crippen LogP contribution is -2.16. The first kappa shape index (κ1) is 24.3. The Labute approximate surface area is 196 Å². The third kappa shape index (κ3) is 6.56. The molecule has 0 aliphatic carbocycles. The van der Waals surface area contributed by atoms with Gasteiger partial charge in [0.05, 0.1) is 29.2 Å². The molecule has 1 aromatic heterocycles. The molecule has 0 bridgehead atoms. The lowest BCUT2D eigenvalue weighted by Gasteiger charge is -2.13. The Morgan fingerprint density at radius 3 is 2.42 bits per heavy atom. The van der Waals surface area contributed by atoms with Crippen molar-refractivity contribution in [2.75, 3.05) is 23.8 Å². The van der Waals surface area contributed by atoms with Crippen molar-refractivity contribution in [3.63, 3.8) is 0 Å². The number of ketones is 1. The number of Topliss-reactive ketones (excluding diaryl/α,β-unsaturated/α-hetero) is 1. The lowest BCUT2D eigenvalue weighted by atomic mass is 10.2. The number of methoxy groups -OCH3 is 1. The molecule has 1 heterocycles. The number of benzene rings is 2. The smallest absolute Gasteiger partial charge is 0.261 e. The van der Waals surface area contributed by atoms with Gasteiger partial charge in [-0.15, -0.1) is 11.3 Å². The Morgan fingerprint density at radius 2 is 1.79 bits per heavy atom. The number of thiophene rings is 1. The summed E-state index contributed by atoms with van der Waals surface area (Å²) in [5.74, 6) is 0.385. The number of rotatable bonds is 11. The highest BCUT2D eigenvalue weighted by atomic mass is 32.2. The Balaban J connectivity index is 1.71. The summed E-state index contributed by atoms with van der Waals surface area (Å²) in [6, 6.07) is 14.2. The van der Waals surface area contributed by atoms with Crippen molar-refractivity contribution in [2.45, 2.75) is 24.7 Å². The molecular formula is C23H24N2O6S2. The number of anilines is 2. The van der Waals surface area contributed by atoms with E-state index in [1.807, 2.05) is 6.92 Å². The third-order valence-corrected chi connectivity index (χ3v) is 6.84. The summed E-state index contributed by atoms with van der Waals surface area (Å²) >= 11 is 1.32. The minimum Gasteiger partial charge on any atom is -0.495 e. The van der Waals surface area contributed by atoms with Crippen molar-refractivity contribution in [1.29, 1.82) is 0 Å². The SMILES string of the molecule is CCOc1ccc(NS(=O)(=O)c2ccc(OC)c(NC(=O)CCC(=O)c3cccs3)c2)cc1. The molecule has 0 fully saturated rings. The summed E-state index contributed by atoms with van der Waals surface area (Å²) in [5.41, 5.74) is 0.563. The maximum Gasteiger partial charge on any atom is 0.261 e. The van der Waals surface area contributed by atoms with Gasteiger partial charge in [-0.05, 0) is 60.8 Å². The van der Waals surface area contributed by atoms with Gasteiger partial charge in [0.1, 0.15) is 11.5 Å². The normalized spacial score (nSPS) is 11.0. The van der Waals surface area contributed by atoms with Crippen molar-refractivity contribution in [2.24, 2.45) is 0 Å². The Hall–Kier alpha value is -3.37. The highest BCUT2D eigenvalue weighted by Crippen LogP contribution is 2.29. The van der Waals surface area contributed by atoms with Crippen LogP contribution in [-0.4, -0.2) is 33.8 Å². The number of amides is 1. The second-order valence-electron chi connectivity index (χ2n) is 6.87. The molecule has 1 amide bonds. The zero-order valence-corrected chi connectivity index (χ0v) is 19.8. The van der Waals surface area contributed by atoms with Crippen LogP contribution in [-0.2, 0) is 14.8 Å². The fraction of sp³-hybridized carbons (Fsp3) is 0.217. The van der Waals surface area contributed by atoms with Gasteiger partial charge in [0, 0.05) is 18.5 Å². The van der Waals surface area contributed by atoms with E-state index >= 15 is 0 Å². The number of sulfonamides is 1. The summed E-state index contributed by atoms with van der Waals surface area (Å²) < 4.78 is 38.8. The summed E-state index contributed by atoms with van der Waals surface area (Å²) in [6.07, 6.45) is 0.00719. The van der Waals surface area contributed by atoms with E-state index in [0.717, 1.165) is 0 Å². The van der Waals surface area contributed by atoms with E-state index in [4.69, 9.17) is 9.47 Å². The molecule has 3 rings (SSSR count). The third-order valence-electron chi connectivity index (χ3n) is 4.55. The average Bonchev–Trinajstić information content (AvgIpc) is 3.34. The van der Waals surface area contributed by atoms with Gasteiger partial charge in [-0.1, -0.05) is 6.07 Å². The van der Waals surface area contributed by atoms with E-state index in [1.54, 1.807) is 41.8 Å². The molecule has 2 N–H and O–H groups in total. The lowest BCUT2D eigenvalue weighted by molar-refractivity contribution is -0.116. The van der Waals surface area contributed by atoms with Crippen LogP contribution in [0.3, 0.4) is 0 Å². The van der Waals surface area contributed by atoms with Crippen LogP contribution in [0.15, 0.2) is 64.9 Å². The monoisotopic (exact) mass is 488 g/mol. The summed E-state index contributed by atoms with van der Waals surface area (Å²) in [5, 5.41) is 4.44. The standard InChI is InChI=1S/C23H24N2O6S2/c1-3-31-17-8-6-16(7-9-17)25-33(28,29)18-10-12-21(30-2)19(15-18)24-23(27)13-11-20(26)22-5-4-14-32-22/h4-10,12,14-15,25H,3,11,13H2,1-2H3,(H,24,27). The second-order valence-corrected chi connectivity index (χ2v) is 9.50. The Bertz CT molecular complexity index is 1210. The van der Waals surface area contributed by atoms with Crippen molar-refractivity contribution < 1.29 is 27.5 Å². The maximum absolute atomic E-state index is 12.9. The van der Waals surface area contributed by atoms with E-state index < -0.39 is 15.9 Å². The molecule has 0 aliphatic rings. The van der Waals surface area contributed by atoms with Crippen molar-refractivity contribution in [3.8, 4) is 11.5 Å². The van der Waals surface area contributed by atoms with Gasteiger partial charge in [-0.25, -0.2) is 8.42 Å². The molecule has 0 saturated carbocycles. The fourth-order valence-corrected chi connectivity index (χ4v) is 4.73. The molecule has 10 heteroatoms. The van der Waals surface area contributed by atoms with Gasteiger partial charge in [0.25, 0.3) is 10.0 Å². The summed E-state index contributed by atoms with van der Waals surface area (Å²) in [7, 11) is -2.51. The maximum atomic E-state index is 12.9. The van der Waals surface area contributed by atoms with Crippen molar-refractivity contribution in [3.05, 3.63) is 64.9 Å². The number of ether oxygens (including phenoxy) is 2. The van der Waals surface area contributed by atoms with Gasteiger partial charge in [0.15, 0.2) is 5.78 Å². The molecular weight excluding hydrogens is 464 g/mol. The average molecular weight is 489 g/mol. The van der Waals surface area contributed by atoms with Crippen LogP contribution in [0.2, 0.25) is 0 Å². The molecule has 2 aromatic carbocycles. The molecule has 0 spiro atoms. The predicted molar refractivity (Wildman–Crippen MR) is 128 cm³/mol. The first-order valence-electron chi connectivity index (χ1n) is 10.1. The minimum atomic E-state index is -3.93. The highest BCUT2D eigenvalue weighted by Gasteiger charge is 2.18. The number of carbonyl (C=O) groups excluding carboxylic acids is 2. The molecule has 0 unspecified atom stereocenters. The summed E-state index contributed by atoms with van der Waals surface area (Å²) in [4.78, 5) is 25.1. The van der Waals surface area contributed by atoms with Crippen LogP contribution in [0, 0.1) is 0 Å². The van der Waals surface area contributed by atoms with Crippen molar-refractivity contribution in [1.82, 2.24) is 0 Å². The molecule has 33 heavy (non-hydrogen) atoms. The molecule has 174 valence electrons. The van der Waals surface area contributed by atoms with E-state index in [9.17, 15) is 18.0 Å². The van der Waals surface area contributed by atoms with Gasteiger partial charge < -0.3 is 14.8 Å². The molecule has 0 aliphatic heterocycles. The predicted octanol–water partition coefficient (Wildman–Crippen LogP) is 4.56. The topological polar surface area (TPSA) is 111 Å². The van der Waals surface area contributed by atoms with Gasteiger partial charge in [0.2, 0.25) is 5.91 Å². The quantitative estimate of drug-likeness (QED) is 0.383. The van der Waals surface area contributed by atoms with Gasteiger partial charge >= 0.3 is 0 Å². The second kappa shape index (κ2) is 11.0. The molecule has 0 radical (unpaired) electrons. The number of hydrogen-bond donors (Lipinski definition) is 2.